The molecule has 0 radical (unpaired) electrons. The number of hydrogen-bond acceptors (Lipinski definition) is 6. The van der Waals surface area contributed by atoms with Gasteiger partial charge in [0, 0.05) is 38.8 Å². The van der Waals surface area contributed by atoms with Crippen LogP contribution < -0.4 is 9.47 Å². The first-order chi connectivity index (χ1) is 13.2. The average molecular weight is 408 g/mol. The summed E-state index contributed by atoms with van der Waals surface area (Å²) in [7, 11) is 1.61. The molecule has 0 N–H and O–H groups in total. The van der Waals surface area contributed by atoms with Gasteiger partial charge in [0.05, 0.1) is 26.2 Å². The summed E-state index contributed by atoms with van der Waals surface area (Å²) in [5.74, 6) is 1.10. The Morgan fingerprint density at radius 2 is 1.75 bits per heavy atom. The normalized spacial score (nSPS) is 15.5. The third-order valence-corrected chi connectivity index (χ3v) is 6.08. The van der Waals surface area contributed by atoms with Crippen LogP contribution in [0.5, 0.6) is 11.5 Å². The Morgan fingerprint density at radius 3 is 2.32 bits per heavy atom. The number of ether oxygens (including phenoxy) is 2. The molecule has 0 aliphatic carbocycles. The van der Waals surface area contributed by atoms with Gasteiger partial charge in [0.15, 0.2) is 0 Å². The van der Waals surface area contributed by atoms with Gasteiger partial charge in [0.1, 0.15) is 17.2 Å². The molecule has 1 aliphatic rings. The molecule has 1 aromatic heterocycles. The molecule has 3 rings (SSSR count). The van der Waals surface area contributed by atoms with E-state index < -0.39 is 10.0 Å². The molecule has 9 nitrogen and oxygen atoms in total. The minimum absolute atomic E-state index is 0.184. The lowest BCUT2D eigenvalue weighted by Gasteiger charge is -2.33. The quantitative estimate of drug-likeness (QED) is 0.727. The van der Waals surface area contributed by atoms with Gasteiger partial charge in [-0.2, -0.15) is 9.40 Å². The molecule has 1 aromatic carbocycles. The van der Waals surface area contributed by atoms with Crippen molar-refractivity contribution in [2.75, 3.05) is 46.7 Å². The van der Waals surface area contributed by atoms with Crippen LogP contribution >= 0.6 is 0 Å². The van der Waals surface area contributed by atoms with E-state index in [-0.39, 0.29) is 5.91 Å². The second-order valence-corrected chi connectivity index (χ2v) is 8.54. The fourth-order valence-electron chi connectivity index (χ4n) is 3.20. The van der Waals surface area contributed by atoms with Crippen molar-refractivity contribution in [3.05, 3.63) is 30.0 Å². The monoisotopic (exact) mass is 408 g/mol. The lowest BCUT2D eigenvalue weighted by atomic mass is 10.1. The van der Waals surface area contributed by atoms with Crippen molar-refractivity contribution in [1.29, 1.82) is 0 Å². The molecule has 1 fully saturated rings. The van der Waals surface area contributed by atoms with E-state index in [4.69, 9.17) is 9.47 Å². The van der Waals surface area contributed by atoms with Gasteiger partial charge in [-0.15, -0.1) is 0 Å². The number of sulfonamides is 1. The molecule has 10 heteroatoms. The minimum Gasteiger partial charge on any atom is -0.497 e. The van der Waals surface area contributed by atoms with Crippen LogP contribution in [0.1, 0.15) is 10.5 Å². The predicted molar refractivity (Wildman–Crippen MR) is 104 cm³/mol. The molecule has 28 heavy (non-hydrogen) atoms. The highest BCUT2D eigenvalue weighted by Crippen LogP contribution is 2.33. The standard InChI is InChI=1S/C18H24N4O5S/c1-20-16(18(23)21-7-9-22(10-8-21)28(4,24)25)12-15(19-20)14-11-13(26-2)5-6-17(14)27-3/h5-6,11-12H,7-10H2,1-4H3. The van der Waals surface area contributed by atoms with Gasteiger partial charge in [0.2, 0.25) is 10.0 Å². The highest BCUT2D eigenvalue weighted by atomic mass is 32.2. The van der Waals surface area contributed by atoms with E-state index in [1.165, 1.54) is 15.2 Å². The van der Waals surface area contributed by atoms with Gasteiger partial charge >= 0.3 is 0 Å². The van der Waals surface area contributed by atoms with E-state index in [2.05, 4.69) is 5.10 Å². The number of aryl methyl sites for hydroxylation is 1. The highest BCUT2D eigenvalue weighted by molar-refractivity contribution is 7.88. The summed E-state index contributed by atoms with van der Waals surface area (Å²) in [5.41, 5.74) is 1.74. The molecule has 0 spiro atoms. The van der Waals surface area contributed by atoms with Crippen LogP contribution in [-0.2, 0) is 17.1 Å². The Kier molecular flexibility index (Phi) is 5.61. The van der Waals surface area contributed by atoms with Crippen LogP contribution in [0.3, 0.4) is 0 Å². The van der Waals surface area contributed by atoms with Crippen LogP contribution in [0.15, 0.2) is 24.3 Å². The number of aromatic nitrogens is 2. The second kappa shape index (κ2) is 7.80. The van der Waals surface area contributed by atoms with Gasteiger partial charge in [-0.05, 0) is 24.3 Å². The van der Waals surface area contributed by atoms with Crippen molar-refractivity contribution in [2.24, 2.45) is 7.05 Å². The third kappa shape index (κ3) is 3.97. The fraction of sp³-hybridized carbons (Fsp3) is 0.444. The van der Waals surface area contributed by atoms with E-state index in [0.29, 0.717) is 49.1 Å². The molecule has 2 heterocycles. The molecular formula is C18H24N4O5S. The number of methoxy groups -OCH3 is 2. The summed E-state index contributed by atoms with van der Waals surface area (Å²) in [6.07, 6.45) is 1.18. The number of piperazine rings is 1. The van der Waals surface area contributed by atoms with Crippen molar-refractivity contribution in [1.82, 2.24) is 19.0 Å². The van der Waals surface area contributed by atoms with Crippen molar-refractivity contribution in [2.45, 2.75) is 0 Å². The molecular weight excluding hydrogens is 384 g/mol. The number of benzene rings is 1. The molecule has 2 aromatic rings. The SMILES string of the molecule is COc1ccc(OC)c(-c2cc(C(=O)N3CCN(S(C)(=O)=O)CC3)n(C)n2)c1. The lowest BCUT2D eigenvalue weighted by molar-refractivity contribution is 0.0687. The summed E-state index contributed by atoms with van der Waals surface area (Å²) >= 11 is 0. The summed E-state index contributed by atoms with van der Waals surface area (Å²) in [6, 6.07) is 7.09. The number of rotatable bonds is 5. The van der Waals surface area contributed by atoms with Gasteiger partial charge in [-0.25, -0.2) is 8.42 Å². The molecule has 0 bridgehead atoms. The Bertz CT molecular complexity index is 978. The number of nitrogens with zero attached hydrogens (tertiary/aromatic N) is 4. The van der Waals surface area contributed by atoms with Crippen LogP contribution in [0.2, 0.25) is 0 Å². The Morgan fingerprint density at radius 1 is 1.07 bits per heavy atom. The molecule has 1 amide bonds. The zero-order valence-corrected chi connectivity index (χ0v) is 17.2. The maximum Gasteiger partial charge on any atom is 0.272 e. The first-order valence-corrected chi connectivity index (χ1v) is 10.6. The Balaban J connectivity index is 1.84. The van der Waals surface area contributed by atoms with Crippen LogP contribution in [0, 0.1) is 0 Å². The van der Waals surface area contributed by atoms with E-state index >= 15 is 0 Å². The molecule has 152 valence electrons. The summed E-state index contributed by atoms with van der Waals surface area (Å²) in [5, 5.41) is 4.46. The Hall–Kier alpha value is -2.59. The Labute approximate surface area is 164 Å². The highest BCUT2D eigenvalue weighted by Gasteiger charge is 2.28. The second-order valence-electron chi connectivity index (χ2n) is 6.56. The fourth-order valence-corrected chi connectivity index (χ4v) is 4.02. The molecule has 1 saturated heterocycles. The number of carbonyl (C=O) groups excluding carboxylic acids is 1. The van der Waals surface area contributed by atoms with Crippen molar-refractivity contribution in [3.8, 4) is 22.8 Å². The topological polar surface area (TPSA) is 94.0 Å². The van der Waals surface area contributed by atoms with Crippen molar-refractivity contribution >= 4 is 15.9 Å². The van der Waals surface area contributed by atoms with Gasteiger partial charge in [-0.1, -0.05) is 0 Å². The largest absolute Gasteiger partial charge is 0.497 e. The average Bonchev–Trinajstić information content (AvgIpc) is 3.07. The summed E-state index contributed by atoms with van der Waals surface area (Å²) in [4.78, 5) is 14.6. The maximum atomic E-state index is 12.9. The minimum atomic E-state index is -3.24. The van der Waals surface area contributed by atoms with Crippen LogP contribution in [0.25, 0.3) is 11.3 Å². The van der Waals surface area contributed by atoms with E-state index in [9.17, 15) is 13.2 Å². The van der Waals surface area contributed by atoms with Gasteiger partial charge in [-0.3, -0.25) is 9.48 Å². The van der Waals surface area contributed by atoms with Crippen molar-refractivity contribution in [3.63, 3.8) is 0 Å². The number of amides is 1. The molecule has 0 unspecified atom stereocenters. The zero-order valence-electron chi connectivity index (χ0n) is 16.4. The van der Waals surface area contributed by atoms with E-state index in [0.717, 1.165) is 5.56 Å². The summed E-state index contributed by atoms with van der Waals surface area (Å²) in [6.45, 7) is 1.27. The maximum absolute atomic E-state index is 12.9. The van der Waals surface area contributed by atoms with Gasteiger partial charge in [0.25, 0.3) is 5.91 Å². The smallest absolute Gasteiger partial charge is 0.272 e. The number of carbonyl (C=O) groups is 1. The lowest BCUT2D eigenvalue weighted by Crippen LogP contribution is -2.50. The number of hydrogen-bond donors (Lipinski definition) is 0. The van der Waals surface area contributed by atoms with Gasteiger partial charge < -0.3 is 14.4 Å². The van der Waals surface area contributed by atoms with E-state index in [1.807, 2.05) is 0 Å². The van der Waals surface area contributed by atoms with Crippen LogP contribution in [-0.4, -0.2) is 80.0 Å². The summed E-state index contributed by atoms with van der Waals surface area (Å²) < 4.78 is 36.9. The molecule has 1 aliphatic heterocycles. The first-order valence-electron chi connectivity index (χ1n) is 8.75. The molecule has 0 saturated carbocycles. The van der Waals surface area contributed by atoms with E-state index in [1.54, 1.807) is 50.4 Å². The zero-order chi connectivity index (χ0) is 20.5. The van der Waals surface area contributed by atoms with Crippen LogP contribution in [0.4, 0.5) is 0 Å². The third-order valence-electron chi connectivity index (χ3n) is 4.78. The predicted octanol–water partition coefficient (Wildman–Crippen LogP) is 0.822. The van der Waals surface area contributed by atoms with Crippen molar-refractivity contribution < 1.29 is 22.7 Å². The molecule has 0 atom stereocenters. The first kappa shape index (κ1) is 20.2.